The summed E-state index contributed by atoms with van der Waals surface area (Å²) < 4.78 is 21.5. The van der Waals surface area contributed by atoms with Crippen molar-refractivity contribution in [3.05, 3.63) is 30.3 Å². The fourth-order valence-corrected chi connectivity index (χ4v) is 1.59. The first kappa shape index (κ1) is 12.9. The minimum atomic E-state index is 0.478. The van der Waals surface area contributed by atoms with E-state index in [1.807, 2.05) is 37.3 Å². The van der Waals surface area contributed by atoms with Crippen LogP contribution in [0.1, 0.15) is 6.92 Å². The molecule has 0 amide bonds. The highest BCUT2D eigenvalue weighted by Crippen LogP contribution is 2.24. The Morgan fingerprint density at radius 1 is 1.00 bits per heavy atom. The molecular weight excluding hydrogens is 232 g/mol. The third-order valence-corrected chi connectivity index (χ3v) is 2.45. The van der Waals surface area contributed by atoms with E-state index < -0.39 is 0 Å². The van der Waals surface area contributed by atoms with E-state index in [0.29, 0.717) is 32.4 Å². The minimum absolute atomic E-state index is 0.478. The van der Waals surface area contributed by atoms with Gasteiger partial charge in [0.25, 0.3) is 5.95 Å². The van der Waals surface area contributed by atoms with Gasteiger partial charge in [-0.05, 0) is 13.0 Å². The predicted octanol–water partition coefficient (Wildman–Crippen LogP) is 2.86. The van der Waals surface area contributed by atoms with Crippen LogP contribution in [0.5, 0.6) is 5.95 Å². The van der Waals surface area contributed by atoms with E-state index in [1.165, 1.54) is 0 Å². The lowest BCUT2D eigenvalue weighted by molar-refractivity contribution is 0.0375. The molecule has 4 heteroatoms. The highest BCUT2D eigenvalue weighted by Gasteiger charge is 2.03. The molecule has 1 aromatic carbocycles. The molecule has 2 aromatic rings. The fourth-order valence-electron chi connectivity index (χ4n) is 1.59. The van der Waals surface area contributed by atoms with E-state index in [0.717, 1.165) is 17.6 Å². The van der Waals surface area contributed by atoms with Gasteiger partial charge in [0.05, 0.1) is 19.8 Å². The second-order valence-electron chi connectivity index (χ2n) is 3.76. The molecule has 0 saturated carbocycles. The van der Waals surface area contributed by atoms with Gasteiger partial charge in [-0.1, -0.05) is 18.2 Å². The van der Waals surface area contributed by atoms with Gasteiger partial charge in [-0.15, -0.1) is 0 Å². The van der Waals surface area contributed by atoms with Crippen molar-refractivity contribution in [1.29, 1.82) is 0 Å². The monoisotopic (exact) mass is 250 g/mol. The van der Waals surface area contributed by atoms with Gasteiger partial charge in [-0.3, -0.25) is 0 Å². The van der Waals surface area contributed by atoms with Crippen molar-refractivity contribution < 1.29 is 18.6 Å². The van der Waals surface area contributed by atoms with Crippen LogP contribution in [-0.4, -0.2) is 33.0 Å². The Bertz CT molecular complexity index is 431. The average molecular weight is 250 g/mol. The van der Waals surface area contributed by atoms with Gasteiger partial charge in [0, 0.05) is 18.1 Å². The molecule has 0 saturated heterocycles. The van der Waals surface area contributed by atoms with Gasteiger partial charge in [0.15, 0.2) is 0 Å². The van der Waals surface area contributed by atoms with Gasteiger partial charge in [-0.2, -0.15) is 0 Å². The lowest BCUT2D eigenvalue weighted by atomic mass is 10.3. The molecule has 0 aliphatic rings. The SMILES string of the molecule is CCOCCOCCOc1cc2ccccc2o1. The van der Waals surface area contributed by atoms with E-state index in [9.17, 15) is 0 Å². The Morgan fingerprint density at radius 3 is 2.61 bits per heavy atom. The van der Waals surface area contributed by atoms with Crippen molar-refractivity contribution in [1.82, 2.24) is 0 Å². The zero-order valence-electron chi connectivity index (χ0n) is 10.6. The normalized spacial score (nSPS) is 10.9. The van der Waals surface area contributed by atoms with Gasteiger partial charge in [0.2, 0.25) is 0 Å². The first-order valence-electron chi connectivity index (χ1n) is 6.17. The van der Waals surface area contributed by atoms with Crippen LogP contribution >= 0.6 is 0 Å². The standard InChI is InChI=1S/C14H18O4/c1-2-15-7-8-16-9-10-17-14-11-12-5-3-4-6-13(12)18-14/h3-6,11H,2,7-10H2,1H3. The minimum Gasteiger partial charge on any atom is -0.463 e. The van der Waals surface area contributed by atoms with Crippen LogP contribution < -0.4 is 4.74 Å². The molecule has 1 aromatic heterocycles. The first-order chi connectivity index (χ1) is 8.90. The lowest BCUT2D eigenvalue weighted by Gasteiger charge is -2.04. The second-order valence-corrected chi connectivity index (χ2v) is 3.76. The zero-order chi connectivity index (χ0) is 12.6. The third kappa shape index (κ3) is 3.75. The second kappa shape index (κ2) is 7.03. The molecule has 0 aliphatic carbocycles. The molecule has 18 heavy (non-hydrogen) atoms. The molecule has 2 rings (SSSR count). The molecule has 0 fully saturated rings. The molecule has 0 radical (unpaired) electrons. The quantitative estimate of drug-likeness (QED) is 0.675. The number of fused-ring (bicyclic) bond motifs is 1. The number of ether oxygens (including phenoxy) is 3. The van der Waals surface area contributed by atoms with Crippen LogP contribution in [0.3, 0.4) is 0 Å². The number of rotatable bonds is 8. The summed E-state index contributed by atoms with van der Waals surface area (Å²) in [5.41, 5.74) is 0.838. The van der Waals surface area contributed by atoms with Gasteiger partial charge in [-0.25, -0.2) is 0 Å². The summed E-state index contributed by atoms with van der Waals surface area (Å²) in [6, 6.07) is 9.70. The first-order valence-corrected chi connectivity index (χ1v) is 6.17. The zero-order valence-corrected chi connectivity index (χ0v) is 10.6. The Kier molecular flexibility index (Phi) is 5.05. The highest BCUT2D eigenvalue weighted by atomic mass is 16.6. The van der Waals surface area contributed by atoms with Gasteiger partial charge >= 0.3 is 0 Å². The molecule has 0 aliphatic heterocycles. The van der Waals surface area contributed by atoms with Gasteiger partial charge in [0.1, 0.15) is 12.2 Å². The number of furan rings is 1. The van der Waals surface area contributed by atoms with Crippen LogP contribution in [0.15, 0.2) is 34.7 Å². The number of benzene rings is 1. The summed E-state index contributed by atoms with van der Waals surface area (Å²) in [5, 5.41) is 1.05. The number of hydrogen-bond donors (Lipinski definition) is 0. The van der Waals surface area contributed by atoms with Crippen LogP contribution in [0.2, 0.25) is 0 Å². The molecule has 0 spiro atoms. The lowest BCUT2D eigenvalue weighted by Crippen LogP contribution is -2.10. The maximum Gasteiger partial charge on any atom is 0.285 e. The largest absolute Gasteiger partial charge is 0.463 e. The van der Waals surface area contributed by atoms with E-state index in [1.54, 1.807) is 0 Å². The van der Waals surface area contributed by atoms with Crippen LogP contribution in [0.4, 0.5) is 0 Å². The molecule has 4 nitrogen and oxygen atoms in total. The summed E-state index contributed by atoms with van der Waals surface area (Å²) >= 11 is 0. The highest BCUT2D eigenvalue weighted by molar-refractivity contribution is 5.78. The van der Waals surface area contributed by atoms with E-state index >= 15 is 0 Å². The fraction of sp³-hybridized carbons (Fsp3) is 0.429. The van der Waals surface area contributed by atoms with Crippen molar-refractivity contribution >= 4 is 11.0 Å². The van der Waals surface area contributed by atoms with Crippen LogP contribution in [0.25, 0.3) is 11.0 Å². The molecular formula is C14H18O4. The summed E-state index contributed by atoms with van der Waals surface area (Å²) in [5.74, 6) is 0.532. The predicted molar refractivity (Wildman–Crippen MR) is 69.0 cm³/mol. The van der Waals surface area contributed by atoms with Crippen molar-refractivity contribution in [2.75, 3.05) is 33.0 Å². The Morgan fingerprint density at radius 2 is 1.78 bits per heavy atom. The Hall–Kier alpha value is -1.52. The molecule has 0 bridgehead atoms. The van der Waals surface area contributed by atoms with Crippen molar-refractivity contribution in [2.45, 2.75) is 6.92 Å². The van der Waals surface area contributed by atoms with Crippen LogP contribution in [0, 0.1) is 0 Å². The molecule has 1 heterocycles. The average Bonchev–Trinajstić information content (AvgIpc) is 2.80. The third-order valence-electron chi connectivity index (χ3n) is 2.45. The van der Waals surface area contributed by atoms with Crippen LogP contribution in [-0.2, 0) is 9.47 Å². The van der Waals surface area contributed by atoms with Crippen molar-refractivity contribution in [3.63, 3.8) is 0 Å². The van der Waals surface area contributed by atoms with E-state index in [2.05, 4.69) is 0 Å². The number of para-hydroxylation sites is 1. The maximum absolute atomic E-state index is 5.51. The maximum atomic E-state index is 5.51. The molecule has 0 N–H and O–H groups in total. The van der Waals surface area contributed by atoms with Crippen molar-refractivity contribution in [2.24, 2.45) is 0 Å². The van der Waals surface area contributed by atoms with E-state index in [4.69, 9.17) is 18.6 Å². The Labute approximate surface area is 106 Å². The van der Waals surface area contributed by atoms with Crippen molar-refractivity contribution in [3.8, 4) is 5.95 Å². The van der Waals surface area contributed by atoms with E-state index in [-0.39, 0.29) is 0 Å². The number of hydrogen-bond acceptors (Lipinski definition) is 4. The van der Waals surface area contributed by atoms with Gasteiger partial charge < -0.3 is 18.6 Å². The summed E-state index contributed by atoms with van der Waals surface area (Å²) in [7, 11) is 0. The topological polar surface area (TPSA) is 40.8 Å². The summed E-state index contributed by atoms with van der Waals surface area (Å²) in [6.45, 7) is 4.91. The summed E-state index contributed by atoms with van der Waals surface area (Å²) in [4.78, 5) is 0. The smallest absolute Gasteiger partial charge is 0.285 e. The molecule has 98 valence electrons. The Balaban J connectivity index is 1.67. The molecule has 0 unspecified atom stereocenters. The summed E-state index contributed by atoms with van der Waals surface area (Å²) in [6.07, 6.45) is 0. The molecule has 0 atom stereocenters.